The van der Waals surface area contributed by atoms with Gasteiger partial charge in [0.2, 0.25) is 0 Å². The summed E-state index contributed by atoms with van der Waals surface area (Å²) in [5.74, 6) is 0. The second-order valence-corrected chi connectivity index (χ2v) is 6.85. The Morgan fingerprint density at radius 3 is 2.47 bits per heavy atom. The van der Waals surface area contributed by atoms with Crippen molar-refractivity contribution in [2.24, 2.45) is 0 Å². The molecule has 0 atom stereocenters. The fourth-order valence-electron chi connectivity index (χ4n) is 1.46. The maximum Gasteiger partial charge on any atom is 0.253 e. The van der Waals surface area contributed by atoms with Gasteiger partial charge < -0.3 is 5.32 Å². The summed E-state index contributed by atoms with van der Waals surface area (Å²) in [5.41, 5.74) is 0.761. The van der Waals surface area contributed by atoms with Gasteiger partial charge in [-0.3, -0.25) is 0 Å². The van der Waals surface area contributed by atoms with Crippen LogP contribution in [0.1, 0.15) is 19.4 Å². The van der Waals surface area contributed by atoms with Gasteiger partial charge >= 0.3 is 0 Å². The number of nitrogens with zero attached hydrogens (tertiary/aromatic N) is 1. The topological polar surface area (TPSA) is 61.4 Å². The third-order valence-electron chi connectivity index (χ3n) is 2.33. The SMILES string of the molecule is CC(C)NCc1cc(S(=O)(=O)NN(C)C)ccc1Cl. The number of benzene rings is 1. The maximum absolute atomic E-state index is 12.0. The zero-order chi connectivity index (χ0) is 14.6. The van der Waals surface area contributed by atoms with E-state index in [1.54, 1.807) is 26.2 Å². The lowest BCUT2D eigenvalue weighted by molar-refractivity contribution is 0.364. The Kier molecular flexibility index (Phi) is 5.76. The number of halogens is 1. The quantitative estimate of drug-likeness (QED) is 0.784. The summed E-state index contributed by atoms with van der Waals surface area (Å²) in [6, 6.07) is 4.98. The highest BCUT2D eigenvalue weighted by Gasteiger charge is 2.16. The average Bonchev–Trinajstić information content (AvgIpc) is 2.25. The van der Waals surface area contributed by atoms with Crippen LogP contribution in [0.3, 0.4) is 0 Å². The Morgan fingerprint density at radius 2 is 1.95 bits per heavy atom. The maximum atomic E-state index is 12.0. The fraction of sp³-hybridized carbons (Fsp3) is 0.500. The van der Waals surface area contributed by atoms with E-state index >= 15 is 0 Å². The van der Waals surface area contributed by atoms with Crippen LogP contribution < -0.4 is 10.1 Å². The van der Waals surface area contributed by atoms with E-state index in [0.717, 1.165) is 5.56 Å². The Balaban J connectivity index is 3.01. The predicted octanol–water partition coefficient (Wildman–Crippen LogP) is 1.59. The van der Waals surface area contributed by atoms with Crippen LogP contribution in [-0.2, 0) is 16.6 Å². The first kappa shape index (κ1) is 16.4. The van der Waals surface area contributed by atoms with E-state index in [4.69, 9.17) is 11.6 Å². The Labute approximate surface area is 120 Å². The molecule has 0 saturated heterocycles. The van der Waals surface area contributed by atoms with E-state index in [0.29, 0.717) is 17.6 Å². The number of hydrogen-bond acceptors (Lipinski definition) is 4. The third kappa shape index (κ3) is 5.08. The molecule has 0 heterocycles. The summed E-state index contributed by atoms with van der Waals surface area (Å²) in [7, 11) is -0.308. The second kappa shape index (κ2) is 6.67. The van der Waals surface area contributed by atoms with Crippen LogP contribution in [-0.4, -0.2) is 33.6 Å². The molecule has 0 radical (unpaired) electrons. The number of hydrazine groups is 1. The molecule has 0 unspecified atom stereocenters. The lowest BCUT2D eigenvalue weighted by Gasteiger charge is -2.14. The van der Waals surface area contributed by atoms with Gasteiger partial charge in [0, 0.05) is 31.7 Å². The molecule has 1 aromatic carbocycles. The molecule has 108 valence electrons. The first-order chi connectivity index (χ1) is 8.72. The van der Waals surface area contributed by atoms with Crippen LogP contribution >= 0.6 is 11.6 Å². The first-order valence-corrected chi connectivity index (χ1v) is 7.80. The summed E-state index contributed by atoms with van der Waals surface area (Å²) < 4.78 is 24.1. The first-order valence-electron chi connectivity index (χ1n) is 5.94. The molecule has 19 heavy (non-hydrogen) atoms. The lowest BCUT2D eigenvalue weighted by Crippen LogP contribution is -2.36. The molecule has 0 aliphatic rings. The average molecular weight is 306 g/mol. The van der Waals surface area contributed by atoms with Crippen molar-refractivity contribution < 1.29 is 8.42 Å². The second-order valence-electron chi connectivity index (χ2n) is 4.78. The molecule has 0 fully saturated rings. The number of sulfonamides is 1. The highest BCUT2D eigenvalue weighted by atomic mass is 35.5. The molecular weight excluding hydrogens is 286 g/mol. The van der Waals surface area contributed by atoms with Gasteiger partial charge in [-0.05, 0) is 23.8 Å². The monoisotopic (exact) mass is 305 g/mol. The fourth-order valence-corrected chi connectivity index (χ4v) is 2.78. The zero-order valence-electron chi connectivity index (χ0n) is 11.6. The van der Waals surface area contributed by atoms with Gasteiger partial charge in [-0.25, -0.2) is 13.4 Å². The molecular formula is C12H20ClN3O2S. The van der Waals surface area contributed by atoms with Crippen LogP contribution in [0.2, 0.25) is 5.02 Å². The minimum absolute atomic E-state index is 0.200. The molecule has 0 aliphatic carbocycles. The van der Waals surface area contributed by atoms with Crippen molar-refractivity contribution in [1.29, 1.82) is 0 Å². The van der Waals surface area contributed by atoms with E-state index in [-0.39, 0.29) is 4.90 Å². The van der Waals surface area contributed by atoms with Gasteiger partial charge in [-0.2, -0.15) is 0 Å². The van der Waals surface area contributed by atoms with Crippen LogP contribution in [0, 0.1) is 0 Å². The number of rotatable bonds is 6. The van der Waals surface area contributed by atoms with E-state index in [1.807, 2.05) is 13.8 Å². The molecule has 7 heteroatoms. The van der Waals surface area contributed by atoms with Crippen molar-refractivity contribution in [3.63, 3.8) is 0 Å². The van der Waals surface area contributed by atoms with Crippen molar-refractivity contribution in [2.45, 2.75) is 31.3 Å². The molecule has 0 spiro atoms. The predicted molar refractivity (Wildman–Crippen MR) is 77.4 cm³/mol. The number of nitrogens with one attached hydrogen (secondary N) is 2. The van der Waals surface area contributed by atoms with Crippen LogP contribution in [0.5, 0.6) is 0 Å². The molecule has 0 amide bonds. The highest BCUT2D eigenvalue weighted by Crippen LogP contribution is 2.20. The number of hydrogen-bond donors (Lipinski definition) is 2. The zero-order valence-corrected chi connectivity index (χ0v) is 13.1. The van der Waals surface area contributed by atoms with Crippen molar-refractivity contribution >= 4 is 21.6 Å². The molecule has 2 N–H and O–H groups in total. The van der Waals surface area contributed by atoms with Crippen LogP contribution in [0.15, 0.2) is 23.1 Å². The van der Waals surface area contributed by atoms with Crippen LogP contribution in [0.25, 0.3) is 0 Å². The summed E-state index contributed by atoms with van der Waals surface area (Å²) in [5, 5.41) is 5.15. The van der Waals surface area contributed by atoms with E-state index in [1.165, 1.54) is 11.1 Å². The molecule has 0 aromatic heterocycles. The van der Waals surface area contributed by atoms with Gasteiger partial charge in [0.25, 0.3) is 10.0 Å². The van der Waals surface area contributed by atoms with Crippen molar-refractivity contribution in [3.05, 3.63) is 28.8 Å². The van der Waals surface area contributed by atoms with Gasteiger partial charge in [-0.15, -0.1) is 4.83 Å². The largest absolute Gasteiger partial charge is 0.310 e. The van der Waals surface area contributed by atoms with E-state index < -0.39 is 10.0 Å². The highest BCUT2D eigenvalue weighted by molar-refractivity contribution is 7.89. The van der Waals surface area contributed by atoms with Gasteiger partial charge in [0.05, 0.1) is 4.90 Å². The normalized spacial score (nSPS) is 12.4. The summed E-state index contributed by atoms with van der Waals surface area (Å²) in [4.78, 5) is 2.59. The molecule has 1 rings (SSSR count). The van der Waals surface area contributed by atoms with Crippen molar-refractivity contribution in [2.75, 3.05) is 14.1 Å². The molecule has 0 bridgehead atoms. The summed E-state index contributed by atoms with van der Waals surface area (Å²) in [6.07, 6.45) is 0. The Hall–Kier alpha value is -0.660. The van der Waals surface area contributed by atoms with Gasteiger partial charge in [0.15, 0.2) is 0 Å². The van der Waals surface area contributed by atoms with Gasteiger partial charge in [0.1, 0.15) is 0 Å². The minimum Gasteiger partial charge on any atom is -0.310 e. The molecule has 0 saturated carbocycles. The molecule has 5 nitrogen and oxygen atoms in total. The van der Waals surface area contributed by atoms with Crippen molar-refractivity contribution in [1.82, 2.24) is 15.2 Å². The van der Waals surface area contributed by atoms with E-state index in [9.17, 15) is 8.42 Å². The summed E-state index contributed by atoms with van der Waals surface area (Å²) in [6.45, 7) is 4.56. The lowest BCUT2D eigenvalue weighted by atomic mass is 10.2. The van der Waals surface area contributed by atoms with Gasteiger partial charge in [-0.1, -0.05) is 25.4 Å². The third-order valence-corrected chi connectivity index (χ3v) is 4.18. The molecule has 1 aromatic rings. The Bertz CT molecular complexity index is 530. The van der Waals surface area contributed by atoms with Crippen LogP contribution in [0.4, 0.5) is 0 Å². The molecule has 0 aliphatic heterocycles. The Morgan fingerprint density at radius 1 is 1.32 bits per heavy atom. The standard InChI is InChI=1S/C12H20ClN3O2S/c1-9(2)14-8-10-7-11(5-6-12(10)13)19(17,18)15-16(3)4/h5-7,9,14-15H,8H2,1-4H3. The summed E-state index contributed by atoms with van der Waals surface area (Å²) >= 11 is 6.07. The van der Waals surface area contributed by atoms with Crippen molar-refractivity contribution in [3.8, 4) is 0 Å². The van der Waals surface area contributed by atoms with E-state index in [2.05, 4.69) is 10.1 Å². The minimum atomic E-state index is -3.55. The smallest absolute Gasteiger partial charge is 0.253 e.